The minimum absolute atomic E-state index is 0.0547. The van der Waals surface area contributed by atoms with Gasteiger partial charge in [0.25, 0.3) is 0 Å². The van der Waals surface area contributed by atoms with Crippen LogP contribution < -0.4 is 10.2 Å². The Balaban J connectivity index is 0.000000129. The number of carbonyl (C=O) groups excluding carboxylic acids is 1. The lowest BCUT2D eigenvalue weighted by atomic mass is 9.81. The molecule has 15 rings (SSSR count). The zero-order valence-corrected chi connectivity index (χ0v) is 64.7. The maximum atomic E-state index is 13.2. The molecule has 21 nitrogen and oxygen atoms in total. The summed E-state index contributed by atoms with van der Waals surface area (Å²) < 4.78 is 106. The fraction of sp³-hybridized carbons (Fsp3) is 0.447. The third kappa shape index (κ3) is 17.9. The van der Waals surface area contributed by atoms with Gasteiger partial charge in [0.15, 0.2) is 0 Å². The molecule has 0 radical (unpaired) electrons. The van der Waals surface area contributed by atoms with Gasteiger partial charge >= 0.3 is 0 Å². The molecule has 0 spiro atoms. The molecule has 103 heavy (non-hydrogen) atoms. The van der Waals surface area contributed by atoms with Crippen LogP contribution in [-0.4, -0.2) is 222 Å². The molecule has 7 aliphatic heterocycles. The number of halogens is 1. The van der Waals surface area contributed by atoms with Gasteiger partial charge in [-0.25, -0.2) is 38.4 Å². The highest BCUT2D eigenvalue weighted by atomic mass is 32.2. The van der Waals surface area contributed by atoms with Crippen LogP contribution in [0.3, 0.4) is 0 Å². The number of para-hydroxylation sites is 3. The molecule has 0 aliphatic carbocycles. The number of carbonyl (C=O) groups is 1. The number of nitrogens with one attached hydrogen (secondary N) is 4. The van der Waals surface area contributed by atoms with Crippen molar-refractivity contribution in [2.75, 3.05) is 120 Å². The van der Waals surface area contributed by atoms with Gasteiger partial charge in [-0.2, -0.15) is 9.57 Å². The third-order valence-corrected chi connectivity index (χ3v) is 28.5. The average Bonchev–Trinajstić information content (AvgIpc) is 1.23. The number of fused-ring (bicyclic) bond motifs is 5. The molecular weight excluding hydrogens is 1400 g/mol. The maximum Gasteiger partial charge on any atom is 0.232 e. The van der Waals surface area contributed by atoms with E-state index in [-0.39, 0.29) is 35.6 Å². The number of aliphatic imine (C=N–C) groups is 1. The summed E-state index contributed by atoms with van der Waals surface area (Å²) in [6.07, 6.45) is 20.3. The SMILES string of the molecule is C=S(C)(=O)N1CCC(C2C(=O)Nc3cc(F)ccc32)CC1.C=S(C)(=O)N1CCC(c2c[nH]c3ccc(C#N)cc23)CC1.C=S(C)(=O)N1CCN(C2C=Nc3ccccc32)CC1C.CC1(C)CN(c2c[nH]c3ccccc23)CCN1S(C)(=O)=O.CC1CN(S(C)(=O)=O)CCC1c1c[nH]c2ccccc12. The second-order valence-electron chi connectivity index (χ2n) is 29.5. The van der Waals surface area contributed by atoms with E-state index >= 15 is 0 Å². The Kier molecular flexibility index (Phi) is 23.2. The zero-order chi connectivity index (χ0) is 74.1. The minimum atomic E-state index is -3.17. The number of piperidine rings is 3. The smallest absolute Gasteiger partial charge is 0.232 e. The molecule has 10 heterocycles. The summed E-state index contributed by atoms with van der Waals surface area (Å²) in [5.74, 6) is 12.1. The predicted molar refractivity (Wildman–Crippen MR) is 425 cm³/mol. The number of benzene rings is 5. The van der Waals surface area contributed by atoms with Crippen molar-refractivity contribution in [2.24, 2.45) is 16.8 Å². The second kappa shape index (κ2) is 31.1. The largest absolute Gasteiger partial charge is 0.367 e. The first-order valence-corrected chi connectivity index (χ1v) is 45.1. The Labute approximate surface area is 609 Å². The molecule has 0 saturated carbocycles. The van der Waals surface area contributed by atoms with Crippen molar-refractivity contribution in [3.05, 3.63) is 161 Å². The topological polar surface area (TPSA) is 255 Å². The first kappa shape index (κ1) is 76.9. The fourth-order valence-corrected chi connectivity index (χ4v) is 21.7. The lowest BCUT2D eigenvalue weighted by molar-refractivity contribution is -0.118. The van der Waals surface area contributed by atoms with Gasteiger partial charge in [0, 0.05) is 207 Å². The number of nitrogens with zero attached hydrogens (tertiary/aromatic N) is 9. The van der Waals surface area contributed by atoms with Crippen molar-refractivity contribution in [1.82, 2.24) is 41.4 Å². The van der Waals surface area contributed by atoms with E-state index in [9.17, 15) is 38.6 Å². The van der Waals surface area contributed by atoms with Crippen molar-refractivity contribution < 1.29 is 38.6 Å². The number of hydrogen-bond donors (Lipinski definition) is 4. The van der Waals surface area contributed by atoms with Crippen LogP contribution >= 0.6 is 0 Å². The van der Waals surface area contributed by atoms with Gasteiger partial charge < -0.3 is 25.2 Å². The van der Waals surface area contributed by atoms with E-state index in [1.165, 1.54) is 52.1 Å². The summed E-state index contributed by atoms with van der Waals surface area (Å²) in [7, 11) is -12.6. The zero-order valence-electron chi connectivity index (χ0n) is 60.6. The van der Waals surface area contributed by atoms with Crippen LogP contribution in [0, 0.1) is 29.0 Å². The van der Waals surface area contributed by atoms with Crippen molar-refractivity contribution in [3.63, 3.8) is 0 Å². The monoisotopic (exact) mass is 1500 g/mol. The highest BCUT2D eigenvalue weighted by molar-refractivity contribution is 7.98. The number of piperazine rings is 2. The summed E-state index contributed by atoms with van der Waals surface area (Å²) in [4.78, 5) is 31.3. The molecule has 5 aromatic carbocycles. The van der Waals surface area contributed by atoms with Crippen LogP contribution in [0.1, 0.15) is 111 Å². The summed E-state index contributed by atoms with van der Waals surface area (Å²) in [6, 6.07) is 37.7. The highest BCUT2D eigenvalue weighted by Gasteiger charge is 2.42. The number of aromatic amines is 3. The number of rotatable bonds is 10. The molecule has 7 aliphatic rings. The summed E-state index contributed by atoms with van der Waals surface area (Å²) >= 11 is 0. The van der Waals surface area contributed by atoms with Gasteiger partial charge in [0.2, 0.25) is 26.0 Å². The van der Waals surface area contributed by atoms with Crippen molar-refractivity contribution in [1.29, 1.82) is 5.26 Å². The molecule has 8 atom stereocenters. The number of H-pyrrole nitrogens is 3. The molecule has 8 unspecified atom stereocenters. The standard InChI is InChI=1S/C16H19N3OS.C15H19FN2O2S.C15H21N3O2S.C15H21N3OS.C15H20N2O2S/c1-21(2,20)19-7-5-13(6-8-19)15-11-18-16-4-3-12(10-17)9-14(15)16;1-21(2,20)18-7-5-10(6-8-18)14-12-4-3-11(16)9-13(12)17-15(14)19;1-15(2)11-17(8-9-18(15)21(3,19)20)14-10-16-13-7-5-4-6-12(13)14;1-12-11-17(8-9-18(12)20(2,3)19)15-10-16-14-7-5-4-6-13(14)15;1-11-10-17(20(2,18)19)8-7-12(11)14-9-16-15-6-4-3-5-13(14)15/h3-4,9,11,13,18H,1,5-8H2,2H3;3-4,9-10,14H,1,5-8H2,2H3,(H,17,19);4-7,10,16H,8-9,11H2,1-3H3;4-7,10,12,15H,2,8-9,11H2,1,3H3;3-6,9,11-12,16H,7-8,10H2,1-2H3. The summed E-state index contributed by atoms with van der Waals surface area (Å²) in [6.45, 7) is 17.0. The molecule has 27 heteroatoms. The molecule has 0 bridgehead atoms. The van der Waals surface area contributed by atoms with Crippen molar-refractivity contribution in [2.45, 2.75) is 95.2 Å². The molecule has 4 N–H and O–H groups in total. The quantitative estimate of drug-likeness (QED) is 0.0937. The Morgan fingerprint density at radius 3 is 1.79 bits per heavy atom. The molecule has 5 saturated heterocycles. The Morgan fingerprint density at radius 2 is 1.17 bits per heavy atom. The molecule has 3 aromatic heterocycles. The van der Waals surface area contributed by atoms with E-state index in [0.717, 1.165) is 104 Å². The number of aromatic nitrogens is 3. The van der Waals surface area contributed by atoms with Crippen molar-refractivity contribution >= 4 is 129 Å². The predicted octanol–water partition coefficient (Wildman–Crippen LogP) is 10.6. The van der Waals surface area contributed by atoms with Gasteiger partial charge in [0.05, 0.1) is 47.5 Å². The normalized spacial score (nSPS) is 24.3. The van der Waals surface area contributed by atoms with E-state index in [4.69, 9.17) is 5.26 Å². The van der Waals surface area contributed by atoms with Gasteiger partial charge in [0.1, 0.15) is 5.82 Å². The number of amides is 1. The summed E-state index contributed by atoms with van der Waals surface area (Å²) in [5.41, 5.74) is 11.2. The van der Waals surface area contributed by atoms with E-state index < -0.39 is 54.7 Å². The molecule has 554 valence electrons. The van der Waals surface area contributed by atoms with Crippen molar-refractivity contribution in [3.8, 4) is 6.07 Å². The number of hydrogen-bond acceptors (Lipinski definition) is 12. The third-order valence-electron chi connectivity index (χ3n) is 21.3. The van der Waals surface area contributed by atoms with Gasteiger partial charge in [-0.1, -0.05) is 67.6 Å². The fourth-order valence-electron chi connectivity index (χ4n) is 16.1. The number of nitriles is 1. The van der Waals surface area contributed by atoms with Crippen LogP contribution in [0.5, 0.6) is 0 Å². The molecule has 8 aromatic rings. The van der Waals surface area contributed by atoms with Gasteiger partial charge in [-0.3, -0.25) is 27.3 Å². The lowest BCUT2D eigenvalue weighted by Gasteiger charge is -2.46. The highest BCUT2D eigenvalue weighted by Crippen LogP contribution is 2.43. The molecule has 1 amide bonds. The van der Waals surface area contributed by atoms with E-state index in [1.807, 2.05) is 81.6 Å². The van der Waals surface area contributed by atoms with Crippen LogP contribution in [-0.2, 0) is 54.0 Å². The van der Waals surface area contributed by atoms with E-state index in [1.54, 1.807) is 33.4 Å². The first-order chi connectivity index (χ1) is 48.6. The Hall–Kier alpha value is -7.20. The minimum Gasteiger partial charge on any atom is -0.367 e. The first-order valence-electron chi connectivity index (χ1n) is 35.1. The average molecular weight is 1500 g/mol. The maximum absolute atomic E-state index is 13.2. The second-order valence-corrected chi connectivity index (χ2v) is 40.6. The Bertz CT molecular complexity index is 5070. The van der Waals surface area contributed by atoms with Crippen LogP contribution in [0.15, 0.2) is 133 Å². The number of anilines is 2. The van der Waals surface area contributed by atoms with E-state index in [2.05, 4.69) is 134 Å². The van der Waals surface area contributed by atoms with Gasteiger partial charge in [-0.15, -0.1) is 0 Å². The number of sulfonamides is 2. The van der Waals surface area contributed by atoms with Crippen LogP contribution in [0.2, 0.25) is 0 Å². The summed E-state index contributed by atoms with van der Waals surface area (Å²) in [5, 5.41) is 15.4. The Morgan fingerprint density at radius 1 is 0.583 bits per heavy atom. The van der Waals surface area contributed by atoms with E-state index in [0.29, 0.717) is 74.8 Å². The lowest BCUT2D eigenvalue weighted by Crippen LogP contribution is -2.60. The molecular formula is C76H100FN13O8S5. The van der Waals surface area contributed by atoms with Gasteiger partial charge in [-0.05, 0) is 159 Å². The van der Waals surface area contributed by atoms with Crippen LogP contribution in [0.25, 0.3) is 32.7 Å². The van der Waals surface area contributed by atoms with Crippen LogP contribution in [0.4, 0.5) is 21.5 Å². The molecule has 5 fully saturated rings.